The third kappa shape index (κ3) is 4.65. The number of nitro groups is 1. The summed E-state index contributed by atoms with van der Waals surface area (Å²) in [6, 6.07) is 17.9. The number of amides is 1. The first kappa shape index (κ1) is 24.1. The van der Waals surface area contributed by atoms with Gasteiger partial charge in [-0.25, -0.2) is 8.78 Å². The van der Waals surface area contributed by atoms with E-state index in [9.17, 15) is 28.5 Å². The van der Waals surface area contributed by atoms with Gasteiger partial charge in [0.1, 0.15) is 17.3 Å². The van der Waals surface area contributed by atoms with Gasteiger partial charge in [0.2, 0.25) is 0 Å². The lowest BCUT2D eigenvalue weighted by Crippen LogP contribution is -2.49. The first-order chi connectivity index (χ1) is 17.8. The van der Waals surface area contributed by atoms with E-state index < -0.39 is 27.8 Å². The third-order valence-electron chi connectivity index (χ3n) is 6.53. The Balaban J connectivity index is 1.51. The average Bonchev–Trinajstić information content (AvgIpc) is 2.91. The van der Waals surface area contributed by atoms with E-state index in [0.29, 0.717) is 22.0 Å². The summed E-state index contributed by atoms with van der Waals surface area (Å²) in [7, 11) is 0. The quantitative estimate of drug-likeness (QED) is 0.300. The van der Waals surface area contributed by atoms with E-state index in [2.05, 4.69) is 0 Å². The van der Waals surface area contributed by atoms with Crippen LogP contribution < -0.4 is 10.5 Å². The Morgan fingerprint density at radius 1 is 0.865 bits per heavy atom. The van der Waals surface area contributed by atoms with Crippen LogP contribution in [-0.4, -0.2) is 46.5 Å². The molecule has 1 aliphatic heterocycles. The molecule has 0 aliphatic carbocycles. The number of aromatic nitrogens is 1. The van der Waals surface area contributed by atoms with Crippen LogP contribution >= 0.6 is 0 Å². The minimum atomic E-state index is -0.757. The molecule has 0 saturated carbocycles. The molecule has 1 aromatic heterocycles. The Kier molecular flexibility index (Phi) is 6.39. The topological polar surface area (TPSA) is 88.7 Å². The molecule has 1 saturated heterocycles. The maximum Gasteiger partial charge on any atom is 0.357 e. The number of piperazine rings is 1. The van der Waals surface area contributed by atoms with Crippen molar-refractivity contribution in [2.24, 2.45) is 0 Å². The Hall–Kier alpha value is -4.60. The van der Waals surface area contributed by atoms with Gasteiger partial charge < -0.3 is 9.80 Å². The van der Waals surface area contributed by atoms with Gasteiger partial charge in [0.15, 0.2) is 0 Å². The number of hydrogen-bond donors (Lipinski definition) is 0. The summed E-state index contributed by atoms with van der Waals surface area (Å²) >= 11 is 0. The molecule has 1 amide bonds. The molecule has 4 aromatic rings. The molecule has 1 fully saturated rings. The minimum absolute atomic E-state index is 0.0424. The van der Waals surface area contributed by atoms with Gasteiger partial charge in [-0.3, -0.25) is 24.3 Å². The van der Waals surface area contributed by atoms with E-state index in [1.807, 2.05) is 0 Å². The van der Waals surface area contributed by atoms with Crippen LogP contribution in [0.2, 0.25) is 0 Å². The van der Waals surface area contributed by atoms with Crippen LogP contribution in [0.5, 0.6) is 0 Å². The molecule has 1 aliphatic rings. The molecule has 0 atom stereocenters. The fourth-order valence-electron chi connectivity index (χ4n) is 4.70. The van der Waals surface area contributed by atoms with Crippen molar-refractivity contribution in [1.82, 2.24) is 9.47 Å². The van der Waals surface area contributed by atoms with Crippen LogP contribution in [0.4, 0.5) is 20.2 Å². The number of hydrogen-bond acceptors (Lipinski definition) is 5. The molecule has 5 rings (SSSR count). The Labute approximate surface area is 210 Å². The number of pyridine rings is 1. The van der Waals surface area contributed by atoms with Crippen molar-refractivity contribution in [3.05, 3.63) is 116 Å². The van der Waals surface area contributed by atoms with Gasteiger partial charge in [0.05, 0.1) is 17.0 Å². The number of halogens is 2. The van der Waals surface area contributed by atoms with E-state index in [0.717, 1.165) is 0 Å². The van der Waals surface area contributed by atoms with Gasteiger partial charge in [-0.05, 0) is 48.0 Å². The monoisotopic (exact) mass is 504 g/mol. The van der Waals surface area contributed by atoms with Crippen molar-refractivity contribution in [2.45, 2.75) is 6.54 Å². The molecule has 188 valence electrons. The number of anilines is 1. The first-order valence-electron chi connectivity index (χ1n) is 11.7. The van der Waals surface area contributed by atoms with Crippen LogP contribution in [0.25, 0.3) is 10.9 Å². The highest BCUT2D eigenvalue weighted by Crippen LogP contribution is 2.34. The maximum atomic E-state index is 13.5. The second-order valence-corrected chi connectivity index (χ2v) is 8.78. The number of benzene rings is 3. The van der Waals surface area contributed by atoms with Crippen molar-refractivity contribution in [3.63, 3.8) is 0 Å². The van der Waals surface area contributed by atoms with Crippen LogP contribution in [0.3, 0.4) is 0 Å². The summed E-state index contributed by atoms with van der Waals surface area (Å²) in [4.78, 5) is 41.2. The fraction of sp³-hybridized carbons (Fsp3) is 0.185. The van der Waals surface area contributed by atoms with Gasteiger partial charge >= 0.3 is 11.2 Å². The van der Waals surface area contributed by atoms with E-state index in [1.54, 1.807) is 34.1 Å². The lowest BCUT2D eigenvalue weighted by molar-refractivity contribution is -0.385. The van der Waals surface area contributed by atoms with Crippen LogP contribution in [-0.2, 0) is 6.54 Å². The highest BCUT2D eigenvalue weighted by Gasteiger charge is 2.32. The smallest absolute Gasteiger partial charge is 0.357 e. The normalized spacial score (nSPS) is 13.7. The lowest BCUT2D eigenvalue weighted by atomic mass is 10.1. The highest BCUT2D eigenvalue weighted by atomic mass is 19.1. The standard InChI is InChI=1S/C27H22F2N4O4/c28-20-9-5-18(6-10-20)17-32-23-4-2-1-3-22(23)24(25(27(32)35)33(36)37)30-13-15-31(16-14-30)26(34)19-7-11-21(29)12-8-19/h1-12H,13-17H2. The molecule has 0 radical (unpaired) electrons. The number of carbonyl (C=O) groups is 1. The average molecular weight is 504 g/mol. The van der Waals surface area contributed by atoms with E-state index in [4.69, 9.17) is 0 Å². The van der Waals surface area contributed by atoms with E-state index >= 15 is 0 Å². The molecular formula is C27H22F2N4O4. The van der Waals surface area contributed by atoms with Gasteiger partial charge in [0, 0.05) is 37.1 Å². The molecule has 0 spiro atoms. The first-order valence-corrected chi connectivity index (χ1v) is 11.7. The number of para-hydroxylation sites is 1. The van der Waals surface area contributed by atoms with Gasteiger partial charge in [0.25, 0.3) is 5.91 Å². The van der Waals surface area contributed by atoms with E-state index in [-0.39, 0.29) is 44.3 Å². The lowest BCUT2D eigenvalue weighted by Gasteiger charge is -2.36. The SMILES string of the molecule is O=C(c1ccc(F)cc1)N1CCN(c2c([N+](=O)[O-])c(=O)n(Cc3ccc(F)cc3)c3ccccc23)CC1. The summed E-state index contributed by atoms with van der Waals surface area (Å²) in [5.74, 6) is -1.11. The number of fused-ring (bicyclic) bond motifs is 1. The molecule has 0 unspecified atom stereocenters. The Morgan fingerprint density at radius 3 is 2.08 bits per heavy atom. The molecule has 37 heavy (non-hydrogen) atoms. The van der Waals surface area contributed by atoms with Gasteiger partial charge in [-0.15, -0.1) is 0 Å². The molecule has 2 heterocycles. The molecule has 3 aromatic carbocycles. The molecule has 8 nitrogen and oxygen atoms in total. The maximum absolute atomic E-state index is 13.5. The summed E-state index contributed by atoms with van der Waals surface area (Å²) in [6.07, 6.45) is 0. The number of nitrogens with zero attached hydrogens (tertiary/aromatic N) is 4. The molecule has 0 bridgehead atoms. The molecule has 10 heteroatoms. The zero-order valence-corrected chi connectivity index (χ0v) is 19.6. The van der Waals surface area contributed by atoms with Crippen molar-refractivity contribution in [1.29, 1.82) is 0 Å². The second-order valence-electron chi connectivity index (χ2n) is 8.78. The van der Waals surface area contributed by atoms with Crippen molar-refractivity contribution >= 4 is 28.2 Å². The fourth-order valence-corrected chi connectivity index (χ4v) is 4.70. The number of carbonyl (C=O) groups excluding carboxylic acids is 1. The zero-order chi connectivity index (χ0) is 26.1. The van der Waals surface area contributed by atoms with Crippen LogP contribution in [0.15, 0.2) is 77.6 Å². The van der Waals surface area contributed by atoms with Crippen LogP contribution in [0.1, 0.15) is 15.9 Å². The zero-order valence-electron chi connectivity index (χ0n) is 19.6. The van der Waals surface area contributed by atoms with Crippen molar-refractivity contribution in [3.8, 4) is 0 Å². The highest BCUT2D eigenvalue weighted by molar-refractivity contribution is 5.97. The predicted molar refractivity (Wildman–Crippen MR) is 135 cm³/mol. The number of rotatable bonds is 5. The largest absolute Gasteiger partial charge is 0.362 e. The summed E-state index contributed by atoms with van der Waals surface area (Å²) in [5.41, 5.74) is 0.419. The van der Waals surface area contributed by atoms with E-state index in [1.165, 1.54) is 53.1 Å². The van der Waals surface area contributed by atoms with Crippen molar-refractivity contribution in [2.75, 3.05) is 31.1 Å². The Bertz CT molecular complexity index is 1540. The summed E-state index contributed by atoms with van der Waals surface area (Å²) in [5, 5.41) is 12.7. The molecular weight excluding hydrogens is 482 g/mol. The Morgan fingerprint density at radius 2 is 1.46 bits per heavy atom. The van der Waals surface area contributed by atoms with Gasteiger partial charge in [-0.2, -0.15) is 0 Å². The van der Waals surface area contributed by atoms with Crippen molar-refractivity contribution < 1.29 is 18.5 Å². The summed E-state index contributed by atoms with van der Waals surface area (Å²) < 4.78 is 27.9. The van der Waals surface area contributed by atoms with Gasteiger partial charge in [-0.1, -0.05) is 30.3 Å². The minimum Gasteiger partial charge on any atom is -0.362 e. The van der Waals surface area contributed by atoms with Crippen LogP contribution in [0, 0.1) is 21.7 Å². The summed E-state index contributed by atoms with van der Waals surface area (Å²) in [6.45, 7) is 1.15. The molecule has 0 N–H and O–H groups in total. The third-order valence-corrected chi connectivity index (χ3v) is 6.53. The second kappa shape index (κ2) is 9.81. The predicted octanol–water partition coefficient (Wildman–Crippen LogP) is 4.20.